The Kier molecular flexibility index (Phi) is 6.39. The first kappa shape index (κ1) is 16.0. The van der Waals surface area contributed by atoms with Gasteiger partial charge in [-0.3, -0.25) is 4.98 Å². The predicted octanol–water partition coefficient (Wildman–Crippen LogP) is 3.15. The number of hydrogen-bond acceptors (Lipinski definition) is 3. The van der Waals surface area contributed by atoms with Crippen LogP contribution in [-0.2, 0) is 11.3 Å². The van der Waals surface area contributed by atoms with Gasteiger partial charge in [-0.2, -0.15) is 0 Å². The smallest absolute Gasteiger partial charge is 0.322 e. The molecule has 0 saturated carbocycles. The largest absolute Gasteiger partial charge is 0.385 e. The van der Waals surface area contributed by atoms with Crippen molar-refractivity contribution in [1.82, 2.24) is 9.88 Å². The SMILES string of the molecule is COCCCN(Cc1ccccn1)C(=O)Nc1ccccc1. The zero-order valence-corrected chi connectivity index (χ0v) is 12.7. The van der Waals surface area contributed by atoms with E-state index < -0.39 is 0 Å². The third kappa shape index (κ3) is 5.18. The molecule has 1 N–H and O–H groups in total. The van der Waals surface area contributed by atoms with Crippen LogP contribution in [0.4, 0.5) is 10.5 Å². The third-order valence-corrected chi connectivity index (χ3v) is 3.17. The van der Waals surface area contributed by atoms with E-state index in [1.807, 2.05) is 48.5 Å². The van der Waals surface area contributed by atoms with Crippen molar-refractivity contribution < 1.29 is 9.53 Å². The Hall–Kier alpha value is -2.40. The minimum Gasteiger partial charge on any atom is -0.385 e. The van der Waals surface area contributed by atoms with Gasteiger partial charge in [0, 0.05) is 32.1 Å². The van der Waals surface area contributed by atoms with Crippen molar-refractivity contribution in [3.05, 3.63) is 60.4 Å². The summed E-state index contributed by atoms with van der Waals surface area (Å²) in [5, 5.41) is 2.91. The van der Waals surface area contributed by atoms with Crippen molar-refractivity contribution in [3.63, 3.8) is 0 Å². The van der Waals surface area contributed by atoms with Crippen LogP contribution in [0.3, 0.4) is 0 Å². The minimum absolute atomic E-state index is 0.132. The minimum atomic E-state index is -0.132. The zero-order valence-electron chi connectivity index (χ0n) is 12.7. The highest BCUT2D eigenvalue weighted by Crippen LogP contribution is 2.09. The lowest BCUT2D eigenvalue weighted by Crippen LogP contribution is -2.36. The maximum Gasteiger partial charge on any atom is 0.322 e. The molecule has 22 heavy (non-hydrogen) atoms. The molecular formula is C17H21N3O2. The molecule has 0 atom stereocenters. The number of methoxy groups -OCH3 is 1. The van der Waals surface area contributed by atoms with Crippen LogP contribution in [0.2, 0.25) is 0 Å². The lowest BCUT2D eigenvalue weighted by atomic mass is 10.3. The molecule has 1 aromatic carbocycles. The fourth-order valence-electron chi connectivity index (χ4n) is 2.06. The van der Waals surface area contributed by atoms with Gasteiger partial charge >= 0.3 is 6.03 Å². The van der Waals surface area contributed by atoms with Crippen molar-refractivity contribution in [2.24, 2.45) is 0 Å². The number of anilines is 1. The van der Waals surface area contributed by atoms with Gasteiger partial charge in [0.05, 0.1) is 12.2 Å². The molecule has 5 heteroatoms. The van der Waals surface area contributed by atoms with Crippen LogP contribution >= 0.6 is 0 Å². The van der Waals surface area contributed by atoms with Crippen molar-refractivity contribution in [3.8, 4) is 0 Å². The molecule has 5 nitrogen and oxygen atoms in total. The van der Waals surface area contributed by atoms with E-state index in [1.54, 1.807) is 18.2 Å². The van der Waals surface area contributed by atoms with Crippen LogP contribution in [0.15, 0.2) is 54.7 Å². The molecule has 1 aromatic heterocycles. The molecule has 0 radical (unpaired) electrons. The normalized spacial score (nSPS) is 10.2. The van der Waals surface area contributed by atoms with Crippen molar-refractivity contribution in [1.29, 1.82) is 0 Å². The summed E-state index contributed by atoms with van der Waals surface area (Å²) in [6.07, 6.45) is 2.52. The number of ether oxygens (including phenoxy) is 1. The van der Waals surface area contributed by atoms with Crippen LogP contribution in [0.5, 0.6) is 0 Å². The van der Waals surface area contributed by atoms with Crippen LogP contribution in [0, 0.1) is 0 Å². The van der Waals surface area contributed by atoms with Crippen molar-refractivity contribution >= 4 is 11.7 Å². The lowest BCUT2D eigenvalue weighted by molar-refractivity contribution is 0.171. The second kappa shape index (κ2) is 8.79. The molecule has 0 aliphatic rings. The first-order chi connectivity index (χ1) is 10.8. The zero-order chi connectivity index (χ0) is 15.6. The van der Waals surface area contributed by atoms with E-state index in [2.05, 4.69) is 10.3 Å². The van der Waals surface area contributed by atoms with Crippen molar-refractivity contribution in [2.75, 3.05) is 25.6 Å². The summed E-state index contributed by atoms with van der Waals surface area (Å²) in [5.41, 5.74) is 1.65. The van der Waals surface area contributed by atoms with E-state index >= 15 is 0 Å². The van der Waals surface area contributed by atoms with Crippen LogP contribution in [0.1, 0.15) is 12.1 Å². The fraction of sp³-hybridized carbons (Fsp3) is 0.294. The Bertz CT molecular complexity index is 561. The topological polar surface area (TPSA) is 54.5 Å². The van der Waals surface area contributed by atoms with E-state index in [1.165, 1.54) is 0 Å². The number of pyridine rings is 1. The maximum absolute atomic E-state index is 12.5. The number of rotatable bonds is 7. The number of amides is 2. The Balaban J connectivity index is 2.00. The van der Waals surface area contributed by atoms with Crippen LogP contribution in [-0.4, -0.2) is 36.2 Å². The van der Waals surface area contributed by atoms with Gasteiger partial charge in [0.25, 0.3) is 0 Å². The summed E-state index contributed by atoms with van der Waals surface area (Å²) < 4.78 is 5.07. The molecule has 0 aliphatic carbocycles. The standard InChI is InChI=1S/C17H21N3O2/c1-22-13-7-12-20(14-16-10-5-6-11-18-16)17(21)19-15-8-3-2-4-9-15/h2-6,8-11H,7,12-14H2,1H3,(H,19,21). The summed E-state index contributed by atoms with van der Waals surface area (Å²) in [4.78, 5) is 18.5. The highest BCUT2D eigenvalue weighted by Gasteiger charge is 2.14. The van der Waals surface area contributed by atoms with E-state index in [9.17, 15) is 4.79 Å². The van der Waals surface area contributed by atoms with Gasteiger partial charge in [-0.05, 0) is 30.7 Å². The van der Waals surface area contributed by atoms with Gasteiger partial charge in [-0.15, -0.1) is 0 Å². The molecule has 0 spiro atoms. The quantitative estimate of drug-likeness (QED) is 0.799. The first-order valence-electron chi connectivity index (χ1n) is 7.29. The number of urea groups is 1. The summed E-state index contributed by atoms with van der Waals surface area (Å²) in [6.45, 7) is 1.71. The average molecular weight is 299 g/mol. The van der Waals surface area contributed by atoms with Crippen LogP contribution in [0.25, 0.3) is 0 Å². The van der Waals surface area contributed by atoms with Gasteiger partial charge in [0.2, 0.25) is 0 Å². The van der Waals surface area contributed by atoms with Gasteiger partial charge in [-0.25, -0.2) is 4.79 Å². The van der Waals surface area contributed by atoms with Gasteiger partial charge in [-0.1, -0.05) is 24.3 Å². The Morgan fingerprint density at radius 1 is 1.18 bits per heavy atom. The summed E-state index contributed by atoms with van der Waals surface area (Å²) in [7, 11) is 1.66. The van der Waals surface area contributed by atoms with Gasteiger partial charge in [0.1, 0.15) is 0 Å². The highest BCUT2D eigenvalue weighted by atomic mass is 16.5. The molecule has 0 saturated heterocycles. The molecular weight excluding hydrogens is 278 g/mol. The average Bonchev–Trinajstić information content (AvgIpc) is 2.56. The summed E-state index contributed by atoms with van der Waals surface area (Å²) >= 11 is 0. The highest BCUT2D eigenvalue weighted by molar-refractivity contribution is 5.89. The molecule has 2 rings (SSSR count). The van der Waals surface area contributed by atoms with Gasteiger partial charge in [0.15, 0.2) is 0 Å². The number of carbonyl (C=O) groups excluding carboxylic acids is 1. The monoisotopic (exact) mass is 299 g/mol. The molecule has 0 bridgehead atoms. The Labute approximate surface area is 130 Å². The predicted molar refractivity (Wildman–Crippen MR) is 86.6 cm³/mol. The first-order valence-corrected chi connectivity index (χ1v) is 7.29. The maximum atomic E-state index is 12.5. The van der Waals surface area contributed by atoms with Crippen LogP contribution < -0.4 is 5.32 Å². The number of nitrogens with zero attached hydrogens (tertiary/aromatic N) is 2. The number of hydrogen-bond donors (Lipinski definition) is 1. The summed E-state index contributed by atoms with van der Waals surface area (Å²) in [6, 6.07) is 15.0. The number of nitrogens with one attached hydrogen (secondary N) is 1. The second-order valence-electron chi connectivity index (χ2n) is 4.89. The molecule has 0 fully saturated rings. The second-order valence-corrected chi connectivity index (χ2v) is 4.89. The van der Waals surface area contributed by atoms with E-state index in [4.69, 9.17) is 4.74 Å². The number of benzene rings is 1. The number of aromatic nitrogens is 1. The third-order valence-electron chi connectivity index (χ3n) is 3.17. The molecule has 1 heterocycles. The van der Waals surface area contributed by atoms with E-state index in [-0.39, 0.29) is 6.03 Å². The summed E-state index contributed by atoms with van der Waals surface area (Å²) in [5.74, 6) is 0. The van der Waals surface area contributed by atoms with Crippen molar-refractivity contribution in [2.45, 2.75) is 13.0 Å². The molecule has 0 unspecified atom stereocenters. The van der Waals surface area contributed by atoms with E-state index in [0.717, 1.165) is 17.8 Å². The Morgan fingerprint density at radius 3 is 2.64 bits per heavy atom. The Morgan fingerprint density at radius 2 is 1.95 bits per heavy atom. The lowest BCUT2D eigenvalue weighted by Gasteiger charge is -2.22. The molecule has 116 valence electrons. The number of carbonyl (C=O) groups is 1. The molecule has 2 amide bonds. The van der Waals surface area contributed by atoms with E-state index in [0.29, 0.717) is 19.7 Å². The number of para-hydroxylation sites is 1. The molecule has 2 aromatic rings. The molecule has 0 aliphatic heterocycles. The fourth-order valence-corrected chi connectivity index (χ4v) is 2.06. The van der Waals surface area contributed by atoms with Gasteiger partial charge < -0.3 is 15.0 Å².